The van der Waals surface area contributed by atoms with Crippen LogP contribution in [0.3, 0.4) is 0 Å². The summed E-state index contributed by atoms with van der Waals surface area (Å²) in [6.07, 6.45) is -0.0770. The van der Waals surface area contributed by atoms with Gasteiger partial charge in [-0.2, -0.15) is 13.2 Å². The van der Waals surface area contributed by atoms with E-state index in [2.05, 4.69) is 0 Å². The number of carbonyl (C=O) groups is 1. The molecule has 0 aliphatic heterocycles. The van der Waals surface area contributed by atoms with Crippen LogP contribution in [0, 0.1) is 0 Å². The normalized spacial score (nSPS) is 16.9. The Balaban J connectivity index is 2.73. The number of hydrogen-bond acceptors (Lipinski definition) is 2. The first-order chi connectivity index (χ1) is 11.2. The number of halogens is 3. The lowest BCUT2D eigenvalue weighted by molar-refractivity contribution is -0.0484. The van der Waals surface area contributed by atoms with Crippen molar-refractivity contribution in [2.45, 2.75) is 31.3 Å². The molecule has 0 saturated heterocycles. The van der Waals surface area contributed by atoms with Crippen LogP contribution in [0.2, 0.25) is 0 Å². The smallest absolute Gasteiger partial charge is 0.305 e. The topological polar surface area (TPSA) is 34.1 Å². The first-order valence-electron chi connectivity index (χ1n) is 7.51. The van der Waals surface area contributed by atoms with Crippen molar-refractivity contribution in [3.63, 3.8) is 0 Å². The van der Waals surface area contributed by atoms with Crippen molar-refractivity contribution in [2.75, 3.05) is 0 Å². The molecule has 0 bridgehead atoms. The molecule has 0 amide bonds. The molecule has 24 heavy (non-hydrogen) atoms. The molecule has 0 fully saturated rings. The van der Waals surface area contributed by atoms with E-state index in [-0.39, 0.29) is 17.5 Å². The van der Waals surface area contributed by atoms with E-state index in [1.54, 1.807) is 24.3 Å². The van der Waals surface area contributed by atoms with Gasteiger partial charge in [0.25, 0.3) is 7.14 Å². The highest BCUT2D eigenvalue weighted by Crippen LogP contribution is 2.75. The molecule has 0 heterocycles. The van der Waals surface area contributed by atoms with Crippen molar-refractivity contribution in [3.8, 4) is 0 Å². The predicted octanol–water partition coefficient (Wildman–Crippen LogP) is 6.04. The Bertz CT molecular complexity index is 757. The van der Waals surface area contributed by atoms with Crippen molar-refractivity contribution >= 4 is 12.7 Å². The Hall–Kier alpha value is -1.87. The molecule has 2 nitrogen and oxygen atoms in total. The predicted molar refractivity (Wildman–Crippen MR) is 88.5 cm³/mol. The van der Waals surface area contributed by atoms with Crippen LogP contribution in [-0.2, 0) is 9.72 Å². The molecule has 2 unspecified atom stereocenters. The van der Waals surface area contributed by atoms with Gasteiger partial charge in [0.05, 0.1) is 5.16 Å². The van der Waals surface area contributed by atoms with E-state index in [1.807, 2.05) is 0 Å². The second kappa shape index (κ2) is 6.56. The van der Waals surface area contributed by atoms with Gasteiger partial charge in [-0.25, -0.2) is 0 Å². The standard InChI is InChI=1S/C18H18F3O2P/c1-3-17(2,15-12-8-5-9-13-15)24(23,18(19,20)21)16(22)14-10-6-4-7-11-14/h4-13H,3H2,1-2H3. The quantitative estimate of drug-likeness (QED) is 0.614. The van der Waals surface area contributed by atoms with E-state index >= 15 is 0 Å². The van der Waals surface area contributed by atoms with Crippen LogP contribution in [0.25, 0.3) is 0 Å². The van der Waals surface area contributed by atoms with Gasteiger partial charge in [-0.1, -0.05) is 67.6 Å². The molecule has 2 aromatic rings. The van der Waals surface area contributed by atoms with E-state index in [1.165, 1.54) is 50.2 Å². The lowest BCUT2D eigenvalue weighted by Crippen LogP contribution is -2.33. The van der Waals surface area contributed by atoms with E-state index in [0.717, 1.165) is 0 Å². The summed E-state index contributed by atoms with van der Waals surface area (Å²) in [6, 6.07) is 14.8. The molecule has 6 heteroatoms. The fourth-order valence-electron chi connectivity index (χ4n) is 2.79. The second-order valence-corrected chi connectivity index (χ2v) is 8.86. The maximum absolute atomic E-state index is 13.9. The number of alkyl halides is 3. The zero-order valence-corrected chi connectivity index (χ0v) is 14.3. The Morgan fingerprint density at radius 1 is 0.958 bits per heavy atom. The van der Waals surface area contributed by atoms with Crippen molar-refractivity contribution in [1.82, 2.24) is 0 Å². The van der Waals surface area contributed by atoms with E-state index < -0.39 is 23.7 Å². The summed E-state index contributed by atoms with van der Waals surface area (Å²) in [5, 5.41) is -1.82. The third-order valence-electron chi connectivity index (χ3n) is 4.44. The molecule has 2 aromatic carbocycles. The van der Waals surface area contributed by atoms with E-state index in [9.17, 15) is 22.5 Å². The van der Waals surface area contributed by atoms with Crippen LogP contribution in [0.5, 0.6) is 0 Å². The van der Waals surface area contributed by atoms with Crippen LogP contribution < -0.4 is 0 Å². The molecule has 0 aliphatic rings. The summed E-state index contributed by atoms with van der Waals surface area (Å²) < 4.78 is 55.1. The fourth-order valence-corrected chi connectivity index (χ4v) is 5.50. The van der Waals surface area contributed by atoms with Crippen LogP contribution >= 0.6 is 7.14 Å². The molecular formula is C18H18F3O2P. The summed E-state index contributed by atoms with van der Waals surface area (Å²) in [7, 11) is -5.30. The van der Waals surface area contributed by atoms with E-state index in [0.29, 0.717) is 0 Å². The SMILES string of the molecule is CCC(C)(c1ccccc1)P(=O)(C(=O)c1ccccc1)C(F)(F)F. The molecule has 2 atom stereocenters. The molecule has 0 spiro atoms. The molecule has 128 valence electrons. The van der Waals surface area contributed by atoms with Gasteiger partial charge in [-0.3, -0.25) is 4.79 Å². The van der Waals surface area contributed by atoms with Gasteiger partial charge >= 0.3 is 5.92 Å². The molecule has 2 rings (SSSR count). The van der Waals surface area contributed by atoms with Gasteiger partial charge < -0.3 is 4.57 Å². The molecule has 0 aliphatic carbocycles. The second-order valence-electron chi connectivity index (χ2n) is 5.74. The molecule has 0 N–H and O–H groups in total. The van der Waals surface area contributed by atoms with Gasteiger partial charge in [0, 0.05) is 5.56 Å². The Kier molecular flexibility index (Phi) is 5.05. The zero-order valence-electron chi connectivity index (χ0n) is 13.4. The zero-order chi connectivity index (χ0) is 18.0. The summed E-state index contributed by atoms with van der Waals surface area (Å²) in [5.74, 6) is -5.12. The lowest BCUT2D eigenvalue weighted by atomic mass is 9.98. The molecular weight excluding hydrogens is 336 g/mol. The van der Waals surface area contributed by atoms with Gasteiger partial charge in [-0.05, 0) is 18.9 Å². The Morgan fingerprint density at radius 3 is 1.83 bits per heavy atom. The highest BCUT2D eigenvalue weighted by atomic mass is 31.2. The van der Waals surface area contributed by atoms with Crippen LogP contribution in [-0.4, -0.2) is 11.4 Å². The maximum atomic E-state index is 13.9. The minimum Gasteiger partial charge on any atom is -0.305 e. The van der Waals surface area contributed by atoms with E-state index in [4.69, 9.17) is 0 Å². The summed E-state index contributed by atoms with van der Waals surface area (Å²) in [4.78, 5) is 12.7. The highest BCUT2D eigenvalue weighted by Gasteiger charge is 2.66. The van der Waals surface area contributed by atoms with Crippen molar-refractivity contribution in [1.29, 1.82) is 0 Å². The fraction of sp³-hybridized carbons (Fsp3) is 0.278. The molecule has 0 saturated carbocycles. The summed E-state index contributed by atoms with van der Waals surface area (Å²) >= 11 is 0. The van der Waals surface area contributed by atoms with Gasteiger partial charge in [0.2, 0.25) is 5.52 Å². The minimum absolute atomic E-state index is 0.0770. The van der Waals surface area contributed by atoms with Crippen LogP contribution in [0.15, 0.2) is 60.7 Å². The maximum Gasteiger partial charge on any atom is 0.448 e. The number of rotatable bonds is 5. The van der Waals surface area contributed by atoms with Gasteiger partial charge in [0.15, 0.2) is 0 Å². The monoisotopic (exact) mass is 354 g/mol. The average Bonchev–Trinajstić information content (AvgIpc) is 2.60. The van der Waals surface area contributed by atoms with Gasteiger partial charge in [0.1, 0.15) is 0 Å². The van der Waals surface area contributed by atoms with Crippen molar-refractivity contribution in [3.05, 3.63) is 71.8 Å². The summed E-state index contributed by atoms with van der Waals surface area (Å²) in [6.45, 7) is 2.78. The molecule has 0 radical (unpaired) electrons. The van der Waals surface area contributed by atoms with Crippen LogP contribution in [0.1, 0.15) is 36.2 Å². The Labute approximate surface area is 139 Å². The lowest BCUT2D eigenvalue weighted by Gasteiger charge is -2.37. The minimum atomic E-state index is -5.30. The largest absolute Gasteiger partial charge is 0.448 e. The first-order valence-corrected chi connectivity index (χ1v) is 9.21. The number of hydrogen-bond donors (Lipinski definition) is 0. The number of benzene rings is 2. The van der Waals surface area contributed by atoms with Crippen molar-refractivity contribution in [2.24, 2.45) is 0 Å². The van der Waals surface area contributed by atoms with Crippen LogP contribution in [0.4, 0.5) is 13.2 Å². The summed E-state index contributed by atoms with van der Waals surface area (Å²) in [5.41, 5.74) is -1.28. The Morgan fingerprint density at radius 2 is 1.42 bits per heavy atom. The third kappa shape index (κ3) is 2.82. The highest BCUT2D eigenvalue weighted by molar-refractivity contribution is 7.82. The molecule has 0 aromatic heterocycles. The average molecular weight is 354 g/mol. The first kappa shape index (κ1) is 18.5. The van der Waals surface area contributed by atoms with Crippen molar-refractivity contribution < 1.29 is 22.5 Å². The third-order valence-corrected chi connectivity index (χ3v) is 7.95. The number of carbonyl (C=O) groups excluding carboxylic acids is 1. The van der Waals surface area contributed by atoms with Gasteiger partial charge in [-0.15, -0.1) is 0 Å².